The summed E-state index contributed by atoms with van der Waals surface area (Å²) in [4.78, 5) is 78.5. The van der Waals surface area contributed by atoms with Crippen molar-refractivity contribution in [2.75, 3.05) is 20.1 Å². The van der Waals surface area contributed by atoms with E-state index in [4.69, 9.17) is 4.74 Å². The van der Waals surface area contributed by atoms with E-state index in [9.17, 15) is 28.8 Å². The van der Waals surface area contributed by atoms with Gasteiger partial charge < -0.3 is 30.9 Å². The monoisotopic (exact) mass is 579 g/mol. The number of amides is 5. The van der Waals surface area contributed by atoms with Crippen LogP contribution in [0.1, 0.15) is 92.4 Å². The van der Waals surface area contributed by atoms with Gasteiger partial charge in [0.2, 0.25) is 17.6 Å². The highest BCUT2D eigenvalue weighted by Gasteiger charge is 2.43. The fourth-order valence-electron chi connectivity index (χ4n) is 5.51. The molecule has 2 fully saturated rings. The van der Waals surface area contributed by atoms with Crippen LogP contribution < -0.4 is 21.3 Å². The number of urea groups is 1. The van der Waals surface area contributed by atoms with Crippen molar-refractivity contribution in [2.45, 2.75) is 116 Å². The van der Waals surface area contributed by atoms with Gasteiger partial charge in [0.15, 0.2) is 0 Å². The molecule has 12 nitrogen and oxygen atoms in total. The minimum Gasteiger partial charge on any atom is -0.459 e. The van der Waals surface area contributed by atoms with Crippen molar-refractivity contribution >= 4 is 35.5 Å². The molecule has 0 aromatic rings. The molecule has 2 rings (SSSR count). The number of hydrogen-bond donors (Lipinski definition) is 4. The lowest BCUT2D eigenvalue weighted by atomic mass is 9.83. The third-order valence-corrected chi connectivity index (χ3v) is 7.51. The lowest BCUT2D eigenvalue weighted by Gasteiger charge is -2.35. The van der Waals surface area contributed by atoms with E-state index in [0.717, 1.165) is 38.5 Å². The van der Waals surface area contributed by atoms with Crippen molar-refractivity contribution in [2.24, 2.45) is 11.8 Å². The third-order valence-electron chi connectivity index (χ3n) is 7.51. The molecule has 4 N–H and O–H groups in total. The number of Topliss-reactive ketones (excluding diaryl/α,β-unsaturated/α-hetero) is 1. The Hall–Kier alpha value is -3.18. The molecule has 1 saturated heterocycles. The zero-order valence-corrected chi connectivity index (χ0v) is 25.5. The zero-order chi connectivity index (χ0) is 30.7. The van der Waals surface area contributed by atoms with Crippen LogP contribution in [0.5, 0.6) is 0 Å². The average Bonchev–Trinajstić information content (AvgIpc) is 3.32. The van der Waals surface area contributed by atoms with Crippen LogP contribution in [0.4, 0.5) is 4.79 Å². The maximum atomic E-state index is 14.0. The van der Waals surface area contributed by atoms with Crippen LogP contribution >= 0.6 is 0 Å². The molecule has 2 aliphatic rings. The van der Waals surface area contributed by atoms with Crippen LogP contribution in [-0.4, -0.2) is 84.3 Å². The molecule has 0 aromatic carbocycles. The predicted molar refractivity (Wildman–Crippen MR) is 153 cm³/mol. The molecule has 4 unspecified atom stereocenters. The molecule has 0 radical (unpaired) electrons. The van der Waals surface area contributed by atoms with Gasteiger partial charge in [-0.15, -0.1) is 0 Å². The van der Waals surface area contributed by atoms with E-state index < -0.39 is 53.3 Å². The number of esters is 1. The summed E-state index contributed by atoms with van der Waals surface area (Å²) in [6.07, 6.45) is 6.54. The minimum absolute atomic E-state index is 0.0198. The fourth-order valence-corrected chi connectivity index (χ4v) is 5.51. The molecule has 1 aliphatic carbocycles. The van der Waals surface area contributed by atoms with Crippen molar-refractivity contribution in [1.29, 1.82) is 0 Å². The fraction of sp³-hybridized carbons (Fsp3) is 0.793. The van der Waals surface area contributed by atoms with Crippen LogP contribution in [0, 0.1) is 11.8 Å². The standard InChI is InChI=1S/C29H49N5O7/c1-7-8-14-20(24(36)26(38)30-6)32-25(37)21-15-18(2)17-34(21)27(39)23(19-12-10-9-11-13-19)33-28(40)31-16-22(35)41-29(3,4)5/h18-21,23H,7-17H2,1-6H3,(H,30,38)(H,32,37)(H2,31,33,40). The number of nitrogens with one attached hydrogen (secondary N) is 4. The van der Waals surface area contributed by atoms with Crippen molar-refractivity contribution in [3.05, 3.63) is 0 Å². The first-order valence-corrected chi connectivity index (χ1v) is 14.9. The Morgan fingerprint density at radius 2 is 1.66 bits per heavy atom. The van der Waals surface area contributed by atoms with E-state index in [1.165, 1.54) is 11.9 Å². The SMILES string of the molecule is CCCCC(NC(=O)C1CC(C)CN1C(=O)C(NC(=O)NCC(=O)OC(C)(C)C)C1CCCCC1)C(=O)C(=O)NC. The quantitative estimate of drug-likeness (QED) is 0.202. The number of ether oxygens (including phenoxy) is 1. The average molecular weight is 580 g/mol. The van der Waals surface area contributed by atoms with E-state index in [1.807, 2.05) is 13.8 Å². The second-order valence-corrected chi connectivity index (χ2v) is 12.3. The molecule has 41 heavy (non-hydrogen) atoms. The Kier molecular flexibility index (Phi) is 13.0. The normalized spacial score (nSPS) is 20.9. The van der Waals surface area contributed by atoms with Crippen LogP contribution in [-0.2, 0) is 28.7 Å². The molecule has 0 spiro atoms. The summed E-state index contributed by atoms with van der Waals surface area (Å²) in [6.45, 7) is 9.05. The molecule has 1 saturated carbocycles. The molecule has 232 valence electrons. The molecule has 0 aromatic heterocycles. The van der Waals surface area contributed by atoms with Gasteiger partial charge in [-0.3, -0.25) is 24.0 Å². The van der Waals surface area contributed by atoms with Crippen LogP contribution in [0.25, 0.3) is 0 Å². The summed E-state index contributed by atoms with van der Waals surface area (Å²) < 4.78 is 5.24. The summed E-state index contributed by atoms with van der Waals surface area (Å²) in [5, 5.41) is 10.3. The maximum absolute atomic E-state index is 14.0. The molecular formula is C29H49N5O7. The second kappa shape index (κ2) is 15.7. The number of ketones is 1. The second-order valence-electron chi connectivity index (χ2n) is 12.3. The lowest BCUT2D eigenvalue weighted by molar-refractivity contribution is -0.153. The van der Waals surface area contributed by atoms with Gasteiger partial charge in [-0.2, -0.15) is 0 Å². The van der Waals surface area contributed by atoms with Gasteiger partial charge in [-0.05, 0) is 58.3 Å². The number of rotatable bonds is 12. The van der Waals surface area contributed by atoms with Gasteiger partial charge in [0, 0.05) is 13.6 Å². The first-order chi connectivity index (χ1) is 19.3. The highest BCUT2D eigenvalue weighted by molar-refractivity contribution is 6.38. The van der Waals surface area contributed by atoms with Gasteiger partial charge in [0.1, 0.15) is 24.2 Å². The van der Waals surface area contributed by atoms with Crippen LogP contribution in [0.2, 0.25) is 0 Å². The number of likely N-dealkylation sites (N-methyl/N-ethyl adjacent to an activating group) is 1. The van der Waals surface area contributed by atoms with E-state index in [2.05, 4.69) is 21.3 Å². The number of likely N-dealkylation sites (tertiary alicyclic amines) is 1. The van der Waals surface area contributed by atoms with Gasteiger partial charge in [-0.25, -0.2) is 4.79 Å². The summed E-state index contributed by atoms with van der Waals surface area (Å²) in [7, 11) is 1.36. The van der Waals surface area contributed by atoms with E-state index in [1.54, 1.807) is 20.8 Å². The smallest absolute Gasteiger partial charge is 0.325 e. The summed E-state index contributed by atoms with van der Waals surface area (Å²) in [5.41, 5.74) is -0.696. The molecule has 12 heteroatoms. The van der Waals surface area contributed by atoms with Crippen molar-refractivity contribution in [3.8, 4) is 0 Å². The summed E-state index contributed by atoms with van der Waals surface area (Å²) in [6, 6.07) is -3.36. The number of nitrogens with zero attached hydrogens (tertiary/aromatic N) is 1. The number of carbonyl (C=O) groups is 6. The minimum atomic E-state index is -0.985. The zero-order valence-electron chi connectivity index (χ0n) is 25.5. The largest absolute Gasteiger partial charge is 0.459 e. The predicted octanol–water partition coefficient (Wildman–Crippen LogP) is 1.80. The Balaban J connectivity index is 2.19. The Morgan fingerprint density at radius 1 is 1.00 bits per heavy atom. The number of hydrogen-bond acceptors (Lipinski definition) is 7. The number of carbonyl (C=O) groups excluding carboxylic acids is 6. The van der Waals surface area contributed by atoms with E-state index in [0.29, 0.717) is 25.8 Å². The summed E-state index contributed by atoms with van der Waals surface area (Å²) in [5.74, 6) is -3.04. The van der Waals surface area contributed by atoms with Crippen molar-refractivity contribution in [3.63, 3.8) is 0 Å². The Bertz CT molecular complexity index is 958. The first kappa shape index (κ1) is 34.0. The maximum Gasteiger partial charge on any atom is 0.325 e. The van der Waals surface area contributed by atoms with Gasteiger partial charge >= 0.3 is 12.0 Å². The molecule has 4 atom stereocenters. The highest BCUT2D eigenvalue weighted by atomic mass is 16.6. The van der Waals surface area contributed by atoms with Crippen molar-refractivity contribution < 1.29 is 33.5 Å². The Morgan fingerprint density at radius 3 is 2.24 bits per heavy atom. The Labute approximate surface area is 243 Å². The molecular weight excluding hydrogens is 530 g/mol. The molecule has 1 aliphatic heterocycles. The lowest BCUT2D eigenvalue weighted by Crippen LogP contribution is -2.59. The first-order valence-electron chi connectivity index (χ1n) is 14.9. The topological polar surface area (TPSA) is 163 Å². The summed E-state index contributed by atoms with van der Waals surface area (Å²) >= 11 is 0. The highest BCUT2D eigenvalue weighted by Crippen LogP contribution is 2.30. The molecule has 1 heterocycles. The number of unbranched alkanes of at least 4 members (excludes halogenated alkanes) is 1. The van der Waals surface area contributed by atoms with Crippen LogP contribution in [0.3, 0.4) is 0 Å². The van der Waals surface area contributed by atoms with Gasteiger partial charge in [0.25, 0.3) is 5.91 Å². The van der Waals surface area contributed by atoms with Crippen molar-refractivity contribution in [1.82, 2.24) is 26.2 Å². The van der Waals surface area contributed by atoms with E-state index >= 15 is 0 Å². The van der Waals surface area contributed by atoms with Gasteiger partial charge in [-0.1, -0.05) is 46.0 Å². The van der Waals surface area contributed by atoms with Gasteiger partial charge in [0.05, 0.1) is 6.04 Å². The third kappa shape index (κ3) is 10.6. The molecule has 5 amide bonds. The molecule has 0 bridgehead atoms. The van der Waals surface area contributed by atoms with Crippen LogP contribution in [0.15, 0.2) is 0 Å². The van der Waals surface area contributed by atoms with E-state index in [-0.39, 0.29) is 24.3 Å².